The van der Waals surface area contributed by atoms with Crippen LogP contribution in [0.25, 0.3) is 0 Å². The first kappa shape index (κ1) is 21.5. The van der Waals surface area contributed by atoms with E-state index in [1.807, 2.05) is 32.9 Å². The molecule has 0 bridgehead atoms. The van der Waals surface area contributed by atoms with E-state index in [9.17, 15) is 9.59 Å². The highest BCUT2D eigenvalue weighted by Crippen LogP contribution is 2.17. The van der Waals surface area contributed by atoms with Crippen molar-refractivity contribution in [2.75, 3.05) is 13.2 Å². The Morgan fingerprint density at radius 2 is 1.64 bits per heavy atom. The predicted molar refractivity (Wildman–Crippen MR) is 110 cm³/mol. The van der Waals surface area contributed by atoms with E-state index in [0.29, 0.717) is 23.8 Å². The van der Waals surface area contributed by atoms with Crippen molar-refractivity contribution < 1.29 is 19.1 Å². The summed E-state index contributed by atoms with van der Waals surface area (Å²) in [7, 11) is 0. The van der Waals surface area contributed by atoms with Crippen LogP contribution in [0.5, 0.6) is 5.75 Å². The van der Waals surface area contributed by atoms with Crippen molar-refractivity contribution in [2.45, 2.75) is 40.7 Å². The van der Waals surface area contributed by atoms with Crippen LogP contribution in [0.3, 0.4) is 0 Å². The maximum absolute atomic E-state index is 12.1. The standard InChI is InChI=1S/C23H29NO4/c1-15(2)13-27-21-10-8-19(9-11-21)23(26)28-14-22(25)24-18(5)20-7-6-16(3)17(4)12-20/h6-12,15,18H,13-14H2,1-5H3,(H,24,25)/t18-/m1/s1. The molecule has 2 rings (SSSR count). The fourth-order valence-electron chi connectivity index (χ4n) is 2.57. The highest BCUT2D eigenvalue weighted by Gasteiger charge is 2.14. The van der Waals surface area contributed by atoms with E-state index in [1.54, 1.807) is 24.3 Å². The normalized spacial score (nSPS) is 11.8. The molecule has 0 saturated carbocycles. The van der Waals surface area contributed by atoms with E-state index in [2.05, 4.69) is 25.2 Å². The number of amides is 1. The van der Waals surface area contributed by atoms with Gasteiger partial charge in [0.15, 0.2) is 6.61 Å². The second-order valence-electron chi connectivity index (χ2n) is 7.44. The SMILES string of the molecule is Cc1ccc([C@@H](C)NC(=O)COC(=O)c2ccc(OCC(C)C)cc2)cc1C. The lowest BCUT2D eigenvalue weighted by Crippen LogP contribution is -2.31. The van der Waals surface area contributed by atoms with Crippen LogP contribution in [0.2, 0.25) is 0 Å². The van der Waals surface area contributed by atoms with E-state index in [1.165, 1.54) is 11.1 Å². The predicted octanol–water partition coefficient (Wildman–Crippen LogP) is 4.37. The third kappa shape index (κ3) is 6.41. The quantitative estimate of drug-likeness (QED) is 0.688. The van der Waals surface area contributed by atoms with Crippen LogP contribution in [0.1, 0.15) is 53.9 Å². The smallest absolute Gasteiger partial charge is 0.338 e. The molecule has 0 unspecified atom stereocenters. The summed E-state index contributed by atoms with van der Waals surface area (Å²) in [6, 6.07) is 12.6. The molecule has 1 atom stereocenters. The second-order valence-corrected chi connectivity index (χ2v) is 7.44. The molecule has 2 aromatic rings. The first-order valence-electron chi connectivity index (χ1n) is 9.52. The van der Waals surface area contributed by atoms with Crippen molar-refractivity contribution in [3.8, 4) is 5.75 Å². The molecular formula is C23H29NO4. The van der Waals surface area contributed by atoms with Crippen molar-refractivity contribution in [3.63, 3.8) is 0 Å². The molecule has 0 aromatic heterocycles. The number of rotatable bonds is 8. The molecule has 0 saturated heterocycles. The van der Waals surface area contributed by atoms with E-state index in [-0.39, 0.29) is 18.6 Å². The van der Waals surface area contributed by atoms with Gasteiger partial charge in [0.1, 0.15) is 5.75 Å². The van der Waals surface area contributed by atoms with Gasteiger partial charge in [-0.25, -0.2) is 4.79 Å². The number of hydrogen-bond acceptors (Lipinski definition) is 4. The van der Waals surface area contributed by atoms with Crippen LogP contribution in [0, 0.1) is 19.8 Å². The van der Waals surface area contributed by atoms with Crippen molar-refractivity contribution in [3.05, 3.63) is 64.7 Å². The minimum absolute atomic E-state index is 0.164. The molecule has 0 aliphatic rings. The lowest BCUT2D eigenvalue weighted by Gasteiger charge is -2.16. The van der Waals surface area contributed by atoms with Gasteiger partial charge < -0.3 is 14.8 Å². The molecule has 0 aliphatic carbocycles. The molecular weight excluding hydrogens is 354 g/mol. The maximum atomic E-state index is 12.1. The van der Waals surface area contributed by atoms with E-state index >= 15 is 0 Å². The molecule has 0 radical (unpaired) electrons. The largest absolute Gasteiger partial charge is 0.493 e. The number of nitrogens with one attached hydrogen (secondary N) is 1. The fourth-order valence-corrected chi connectivity index (χ4v) is 2.57. The Labute approximate surface area is 167 Å². The third-order valence-electron chi connectivity index (χ3n) is 4.42. The van der Waals surface area contributed by atoms with Gasteiger partial charge in [-0.15, -0.1) is 0 Å². The third-order valence-corrected chi connectivity index (χ3v) is 4.42. The van der Waals surface area contributed by atoms with E-state index in [0.717, 1.165) is 5.56 Å². The van der Waals surface area contributed by atoms with E-state index < -0.39 is 5.97 Å². The van der Waals surface area contributed by atoms with Crippen LogP contribution in [0.4, 0.5) is 0 Å². The van der Waals surface area contributed by atoms with E-state index in [4.69, 9.17) is 9.47 Å². The first-order chi connectivity index (χ1) is 13.3. The monoisotopic (exact) mass is 383 g/mol. The Balaban J connectivity index is 1.82. The van der Waals surface area contributed by atoms with Crippen molar-refractivity contribution in [1.82, 2.24) is 5.32 Å². The highest BCUT2D eigenvalue weighted by atomic mass is 16.5. The molecule has 2 aromatic carbocycles. The van der Waals surface area contributed by atoms with Gasteiger partial charge >= 0.3 is 5.97 Å². The zero-order valence-corrected chi connectivity index (χ0v) is 17.2. The Hall–Kier alpha value is -2.82. The molecule has 1 N–H and O–H groups in total. The summed E-state index contributed by atoms with van der Waals surface area (Å²) in [5.41, 5.74) is 3.77. The first-order valence-corrected chi connectivity index (χ1v) is 9.52. The molecule has 5 nitrogen and oxygen atoms in total. The highest BCUT2D eigenvalue weighted by molar-refractivity contribution is 5.91. The van der Waals surface area contributed by atoms with Gasteiger partial charge in [0.25, 0.3) is 5.91 Å². The molecule has 28 heavy (non-hydrogen) atoms. The number of aryl methyl sites for hydroxylation is 2. The second kappa shape index (κ2) is 9.93. The van der Waals surface area contributed by atoms with Gasteiger partial charge in [-0.2, -0.15) is 0 Å². The number of carbonyl (C=O) groups is 2. The van der Waals surface area contributed by atoms with Crippen LogP contribution in [0.15, 0.2) is 42.5 Å². The molecule has 0 spiro atoms. The maximum Gasteiger partial charge on any atom is 0.338 e. The van der Waals surface area contributed by atoms with Crippen molar-refractivity contribution in [2.24, 2.45) is 5.92 Å². The van der Waals surface area contributed by atoms with Gasteiger partial charge in [-0.3, -0.25) is 4.79 Å². The van der Waals surface area contributed by atoms with Crippen LogP contribution in [-0.4, -0.2) is 25.1 Å². The van der Waals surface area contributed by atoms with Gasteiger partial charge in [0.05, 0.1) is 18.2 Å². The molecule has 5 heteroatoms. The zero-order chi connectivity index (χ0) is 20.7. The van der Waals surface area contributed by atoms with Gasteiger partial charge in [-0.1, -0.05) is 32.0 Å². The summed E-state index contributed by atoms with van der Waals surface area (Å²) in [5.74, 6) is 0.250. The summed E-state index contributed by atoms with van der Waals surface area (Å²) in [5, 5.41) is 2.85. The number of esters is 1. The summed E-state index contributed by atoms with van der Waals surface area (Å²) in [4.78, 5) is 24.2. The van der Waals surface area contributed by atoms with Crippen molar-refractivity contribution in [1.29, 1.82) is 0 Å². The van der Waals surface area contributed by atoms with Crippen LogP contribution in [-0.2, 0) is 9.53 Å². The minimum atomic E-state index is -0.538. The Bertz CT molecular complexity index is 812. The van der Waals surface area contributed by atoms with Gasteiger partial charge in [0, 0.05) is 0 Å². The Morgan fingerprint density at radius 1 is 0.964 bits per heavy atom. The van der Waals surface area contributed by atoms with Crippen LogP contribution >= 0.6 is 0 Å². The summed E-state index contributed by atoms with van der Waals surface area (Å²) in [6.45, 7) is 10.4. The molecule has 0 heterocycles. The summed E-state index contributed by atoms with van der Waals surface area (Å²) < 4.78 is 10.7. The number of ether oxygens (including phenoxy) is 2. The molecule has 1 amide bonds. The number of carbonyl (C=O) groups excluding carboxylic acids is 2. The van der Waals surface area contributed by atoms with Gasteiger partial charge in [-0.05, 0) is 67.6 Å². The Morgan fingerprint density at radius 3 is 2.25 bits per heavy atom. The average Bonchev–Trinajstić information content (AvgIpc) is 2.66. The number of benzene rings is 2. The summed E-state index contributed by atoms with van der Waals surface area (Å²) >= 11 is 0. The lowest BCUT2D eigenvalue weighted by atomic mass is 10.0. The number of hydrogen-bond donors (Lipinski definition) is 1. The molecule has 150 valence electrons. The van der Waals surface area contributed by atoms with Crippen molar-refractivity contribution >= 4 is 11.9 Å². The molecule has 0 fully saturated rings. The Kier molecular flexibility index (Phi) is 7.61. The topological polar surface area (TPSA) is 64.6 Å². The average molecular weight is 383 g/mol. The van der Waals surface area contributed by atoms with Gasteiger partial charge in [0.2, 0.25) is 0 Å². The molecule has 0 aliphatic heterocycles. The lowest BCUT2D eigenvalue weighted by molar-refractivity contribution is -0.124. The fraction of sp³-hybridized carbons (Fsp3) is 0.391. The summed E-state index contributed by atoms with van der Waals surface area (Å²) in [6.07, 6.45) is 0. The minimum Gasteiger partial charge on any atom is -0.493 e. The van der Waals surface area contributed by atoms with Crippen LogP contribution < -0.4 is 10.1 Å². The zero-order valence-electron chi connectivity index (χ0n) is 17.2.